The molecule has 0 fully saturated rings. The third kappa shape index (κ3) is 2.05. The molecule has 0 radical (unpaired) electrons. The van der Waals surface area contributed by atoms with Crippen LogP contribution in [0.15, 0.2) is 48.5 Å². The van der Waals surface area contributed by atoms with Crippen molar-refractivity contribution >= 4 is 11.6 Å². The maximum Gasteiger partial charge on any atom is 0.261 e. The van der Waals surface area contributed by atoms with Crippen LogP contribution in [0.4, 0.5) is 10.1 Å². The summed E-state index contributed by atoms with van der Waals surface area (Å²) >= 11 is 0. The Morgan fingerprint density at radius 2 is 1.84 bits per heavy atom. The molecule has 0 spiro atoms. The number of para-hydroxylation sites is 2. The van der Waals surface area contributed by atoms with Crippen molar-refractivity contribution in [3.63, 3.8) is 0 Å². The summed E-state index contributed by atoms with van der Waals surface area (Å²) in [6.45, 7) is 0.835. The molecule has 0 saturated carbocycles. The van der Waals surface area contributed by atoms with Crippen LogP contribution < -0.4 is 9.64 Å². The van der Waals surface area contributed by atoms with E-state index >= 15 is 0 Å². The van der Waals surface area contributed by atoms with Crippen LogP contribution in [0.3, 0.4) is 0 Å². The van der Waals surface area contributed by atoms with E-state index in [1.807, 2.05) is 12.1 Å². The molecule has 1 amide bonds. The molecule has 1 aliphatic rings. The lowest BCUT2D eigenvalue weighted by molar-refractivity contribution is 0.0972. The molecule has 19 heavy (non-hydrogen) atoms. The molecule has 96 valence electrons. The van der Waals surface area contributed by atoms with Crippen molar-refractivity contribution in [3.8, 4) is 5.75 Å². The first-order valence-electron chi connectivity index (χ1n) is 6.05. The van der Waals surface area contributed by atoms with Crippen LogP contribution in [-0.2, 0) is 0 Å². The van der Waals surface area contributed by atoms with Crippen molar-refractivity contribution in [2.75, 3.05) is 18.1 Å². The Labute approximate surface area is 110 Å². The van der Waals surface area contributed by atoms with E-state index in [2.05, 4.69) is 0 Å². The highest BCUT2D eigenvalue weighted by molar-refractivity contribution is 6.07. The van der Waals surface area contributed by atoms with Gasteiger partial charge in [-0.1, -0.05) is 24.3 Å². The van der Waals surface area contributed by atoms with Gasteiger partial charge in [0.25, 0.3) is 5.91 Å². The summed E-state index contributed by atoms with van der Waals surface area (Å²) in [5.41, 5.74) is 0.765. The zero-order chi connectivity index (χ0) is 13.2. The summed E-state index contributed by atoms with van der Waals surface area (Å²) < 4.78 is 19.2. The van der Waals surface area contributed by atoms with E-state index < -0.39 is 5.82 Å². The molecule has 3 rings (SSSR count). The lowest BCUT2D eigenvalue weighted by atomic mass is 10.1. The highest BCUT2D eigenvalue weighted by atomic mass is 19.1. The number of anilines is 1. The molecule has 3 nitrogen and oxygen atoms in total. The molecule has 0 aromatic heterocycles. The fourth-order valence-corrected chi connectivity index (χ4v) is 2.16. The van der Waals surface area contributed by atoms with E-state index in [1.165, 1.54) is 12.1 Å². The Bertz CT molecular complexity index is 627. The predicted molar refractivity (Wildman–Crippen MR) is 70.0 cm³/mol. The first kappa shape index (κ1) is 11.7. The lowest BCUT2D eigenvalue weighted by Gasteiger charge is -2.29. The second-order valence-corrected chi connectivity index (χ2v) is 4.25. The number of halogens is 1. The lowest BCUT2D eigenvalue weighted by Crippen LogP contribution is -2.38. The first-order valence-corrected chi connectivity index (χ1v) is 6.05. The average Bonchev–Trinajstić information content (AvgIpc) is 2.46. The zero-order valence-electron chi connectivity index (χ0n) is 10.2. The Hall–Kier alpha value is -2.36. The van der Waals surface area contributed by atoms with Gasteiger partial charge in [0.15, 0.2) is 0 Å². The minimum atomic E-state index is -0.503. The van der Waals surface area contributed by atoms with Gasteiger partial charge in [0, 0.05) is 0 Å². The van der Waals surface area contributed by atoms with Crippen LogP contribution >= 0.6 is 0 Å². The summed E-state index contributed by atoms with van der Waals surface area (Å²) in [6.07, 6.45) is 0. The van der Waals surface area contributed by atoms with Gasteiger partial charge in [-0.15, -0.1) is 0 Å². The quantitative estimate of drug-likeness (QED) is 0.786. The molecule has 4 heteroatoms. The third-order valence-electron chi connectivity index (χ3n) is 3.08. The van der Waals surface area contributed by atoms with Crippen LogP contribution in [-0.4, -0.2) is 19.1 Å². The number of rotatable bonds is 1. The number of ether oxygens (including phenoxy) is 1. The SMILES string of the molecule is O=C(c1ccccc1F)N1CCOc2ccccc21. The number of carbonyl (C=O) groups is 1. The van der Waals surface area contributed by atoms with Crippen molar-refractivity contribution in [1.82, 2.24) is 0 Å². The molecule has 0 atom stereocenters. The average molecular weight is 257 g/mol. The van der Waals surface area contributed by atoms with E-state index in [1.54, 1.807) is 29.2 Å². The number of hydrogen-bond acceptors (Lipinski definition) is 2. The van der Waals surface area contributed by atoms with Gasteiger partial charge in [0.05, 0.1) is 17.8 Å². The Morgan fingerprint density at radius 3 is 2.68 bits per heavy atom. The number of benzene rings is 2. The Kier molecular flexibility index (Phi) is 2.91. The van der Waals surface area contributed by atoms with E-state index in [0.29, 0.717) is 24.6 Å². The maximum atomic E-state index is 13.7. The van der Waals surface area contributed by atoms with Crippen molar-refractivity contribution < 1.29 is 13.9 Å². The minimum Gasteiger partial charge on any atom is -0.490 e. The molecule has 0 N–H and O–H groups in total. The molecule has 0 bridgehead atoms. The van der Waals surface area contributed by atoms with Gasteiger partial charge >= 0.3 is 0 Å². The van der Waals surface area contributed by atoms with Gasteiger partial charge in [0.2, 0.25) is 0 Å². The van der Waals surface area contributed by atoms with Gasteiger partial charge in [-0.05, 0) is 24.3 Å². The van der Waals surface area contributed by atoms with Crippen molar-refractivity contribution in [2.45, 2.75) is 0 Å². The molecule has 1 heterocycles. The number of fused-ring (bicyclic) bond motifs is 1. The van der Waals surface area contributed by atoms with Gasteiger partial charge in [-0.3, -0.25) is 4.79 Å². The Balaban J connectivity index is 2.00. The number of carbonyl (C=O) groups excluding carboxylic acids is 1. The molecular formula is C15H12FNO2. The van der Waals surface area contributed by atoms with Crippen molar-refractivity contribution in [2.24, 2.45) is 0 Å². The summed E-state index contributed by atoms with van der Waals surface area (Å²) in [7, 11) is 0. The van der Waals surface area contributed by atoms with E-state index in [0.717, 1.165) is 0 Å². The molecule has 2 aromatic carbocycles. The summed E-state index contributed by atoms with van der Waals surface area (Å²) in [4.78, 5) is 14.0. The maximum absolute atomic E-state index is 13.7. The van der Waals surface area contributed by atoms with Crippen LogP contribution in [0.2, 0.25) is 0 Å². The van der Waals surface area contributed by atoms with Gasteiger partial charge in [-0.25, -0.2) is 4.39 Å². The molecule has 0 aliphatic carbocycles. The third-order valence-corrected chi connectivity index (χ3v) is 3.08. The van der Waals surface area contributed by atoms with E-state index in [-0.39, 0.29) is 11.5 Å². The number of hydrogen-bond donors (Lipinski definition) is 0. The van der Waals surface area contributed by atoms with E-state index in [4.69, 9.17) is 4.74 Å². The normalized spacial score (nSPS) is 13.6. The topological polar surface area (TPSA) is 29.5 Å². The number of amides is 1. The summed E-state index contributed by atoms with van der Waals surface area (Å²) in [6, 6.07) is 13.3. The molecule has 1 aliphatic heterocycles. The molecule has 0 unspecified atom stereocenters. The summed E-state index contributed by atoms with van der Waals surface area (Å²) in [5, 5.41) is 0. The van der Waals surface area contributed by atoms with Crippen molar-refractivity contribution in [3.05, 3.63) is 59.9 Å². The predicted octanol–water partition coefficient (Wildman–Crippen LogP) is 2.86. The van der Waals surface area contributed by atoms with Crippen LogP contribution in [0.5, 0.6) is 5.75 Å². The Morgan fingerprint density at radius 1 is 1.11 bits per heavy atom. The van der Waals surface area contributed by atoms with Crippen LogP contribution in [0, 0.1) is 5.82 Å². The van der Waals surface area contributed by atoms with Crippen LogP contribution in [0.1, 0.15) is 10.4 Å². The molecule has 0 saturated heterocycles. The highest BCUT2D eigenvalue weighted by Gasteiger charge is 2.25. The highest BCUT2D eigenvalue weighted by Crippen LogP contribution is 2.32. The minimum absolute atomic E-state index is 0.0826. The fraction of sp³-hybridized carbons (Fsp3) is 0.133. The van der Waals surface area contributed by atoms with Crippen molar-refractivity contribution in [1.29, 1.82) is 0 Å². The van der Waals surface area contributed by atoms with Crippen LogP contribution in [0.25, 0.3) is 0 Å². The monoisotopic (exact) mass is 257 g/mol. The standard InChI is InChI=1S/C15H12FNO2/c16-12-6-2-1-5-11(12)15(18)17-9-10-19-14-8-4-3-7-13(14)17/h1-8H,9-10H2. The molecule has 2 aromatic rings. The second-order valence-electron chi connectivity index (χ2n) is 4.25. The number of nitrogens with zero attached hydrogens (tertiary/aromatic N) is 1. The smallest absolute Gasteiger partial charge is 0.261 e. The zero-order valence-corrected chi connectivity index (χ0v) is 10.2. The van der Waals surface area contributed by atoms with Gasteiger partial charge in [-0.2, -0.15) is 0 Å². The first-order chi connectivity index (χ1) is 9.27. The second kappa shape index (κ2) is 4.72. The molecular weight excluding hydrogens is 245 g/mol. The van der Waals surface area contributed by atoms with E-state index in [9.17, 15) is 9.18 Å². The van der Waals surface area contributed by atoms with Gasteiger partial charge in [0.1, 0.15) is 18.2 Å². The van der Waals surface area contributed by atoms with Gasteiger partial charge < -0.3 is 9.64 Å². The summed E-state index contributed by atoms with van der Waals surface area (Å²) in [5.74, 6) is -0.191. The fourth-order valence-electron chi connectivity index (χ4n) is 2.16. The largest absolute Gasteiger partial charge is 0.490 e.